The molecule has 27 heavy (non-hydrogen) atoms. The molecular weight excluding hydrogens is 435 g/mol. The van der Waals surface area contributed by atoms with Crippen LogP contribution in [0.2, 0.25) is 9.88 Å². The van der Waals surface area contributed by atoms with Crippen molar-refractivity contribution in [2.24, 2.45) is 0 Å². The molecule has 0 saturated heterocycles. The molecule has 0 aliphatic heterocycles. The average Bonchev–Trinajstić information content (AvgIpc) is 2.71. The van der Waals surface area contributed by atoms with Gasteiger partial charge in [0.1, 0.15) is 0 Å². The van der Waals surface area contributed by atoms with Crippen LogP contribution in [0.3, 0.4) is 0 Å². The van der Waals surface area contributed by atoms with Crippen LogP contribution in [-0.4, -0.2) is 30.1 Å². The molecule has 1 nitrogen and oxygen atoms in total. The minimum atomic E-state index is -2.96. The Balaban J connectivity index is 1.98. The van der Waals surface area contributed by atoms with Gasteiger partial charge in [-0.3, -0.25) is 0 Å². The average molecular weight is 459 g/mol. The maximum atomic E-state index is 9.53. The van der Waals surface area contributed by atoms with Crippen molar-refractivity contribution in [2.75, 3.05) is 6.61 Å². The second kappa shape index (κ2) is 6.08. The third-order valence-electron chi connectivity index (χ3n) is 6.63. The SMILES string of the molecule is [CH3][Sn]([CH3])(/[CH]=C/CO)[C]12c3ccccc3C(c3ccccc31)c1ccccc12. The van der Waals surface area contributed by atoms with Gasteiger partial charge in [-0.1, -0.05) is 0 Å². The Morgan fingerprint density at radius 1 is 0.778 bits per heavy atom. The molecule has 0 aromatic heterocycles. The molecule has 1 N–H and O–H groups in total. The van der Waals surface area contributed by atoms with Crippen LogP contribution in [-0.2, 0) is 3.43 Å². The topological polar surface area (TPSA) is 20.2 Å². The van der Waals surface area contributed by atoms with Gasteiger partial charge in [0, 0.05) is 0 Å². The van der Waals surface area contributed by atoms with Crippen molar-refractivity contribution >= 4 is 18.4 Å². The van der Waals surface area contributed by atoms with E-state index in [0.29, 0.717) is 5.92 Å². The summed E-state index contributed by atoms with van der Waals surface area (Å²) >= 11 is -2.96. The predicted octanol–water partition coefficient (Wildman–Crippen LogP) is 5.16. The summed E-state index contributed by atoms with van der Waals surface area (Å²) in [5.74, 6) is 0.333. The van der Waals surface area contributed by atoms with Gasteiger partial charge in [0.2, 0.25) is 0 Å². The number of benzene rings is 3. The number of hydrogen-bond donors (Lipinski definition) is 1. The van der Waals surface area contributed by atoms with E-state index in [0.717, 1.165) is 0 Å². The number of hydrogen-bond acceptors (Lipinski definition) is 1. The van der Waals surface area contributed by atoms with E-state index in [1.165, 1.54) is 33.4 Å². The molecule has 0 amide bonds. The molecular formula is C25H24OSn. The number of aliphatic hydroxyl groups excluding tert-OH is 1. The minimum absolute atomic E-state index is 0.0567. The molecule has 2 heteroatoms. The molecule has 0 atom stereocenters. The van der Waals surface area contributed by atoms with Crippen molar-refractivity contribution in [3.8, 4) is 0 Å². The van der Waals surface area contributed by atoms with E-state index in [4.69, 9.17) is 0 Å². The van der Waals surface area contributed by atoms with E-state index < -0.39 is 18.4 Å². The molecule has 3 aromatic rings. The Morgan fingerprint density at radius 3 is 1.59 bits per heavy atom. The number of rotatable bonds is 3. The molecule has 3 aliphatic carbocycles. The van der Waals surface area contributed by atoms with Gasteiger partial charge in [-0.05, 0) is 0 Å². The molecule has 0 saturated carbocycles. The van der Waals surface area contributed by atoms with E-state index >= 15 is 0 Å². The first-order valence-electron chi connectivity index (χ1n) is 9.69. The van der Waals surface area contributed by atoms with Gasteiger partial charge in [0.15, 0.2) is 0 Å². The predicted molar refractivity (Wildman–Crippen MR) is 114 cm³/mol. The van der Waals surface area contributed by atoms with Gasteiger partial charge in [0.25, 0.3) is 0 Å². The first kappa shape index (κ1) is 17.3. The Hall–Kier alpha value is -1.84. The molecule has 3 aliphatic rings. The first-order chi connectivity index (χ1) is 13.1. The summed E-state index contributed by atoms with van der Waals surface area (Å²) in [5, 5.41) is 9.53. The van der Waals surface area contributed by atoms with Crippen LogP contribution >= 0.6 is 0 Å². The molecule has 0 fully saturated rings. The van der Waals surface area contributed by atoms with Crippen LogP contribution < -0.4 is 0 Å². The fraction of sp³-hybridized carbons (Fsp3) is 0.200. The first-order valence-corrected chi connectivity index (χ1v) is 18.5. The van der Waals surface area contributed by atoms with Crippen LogP contribution in [0.15, 0.2) is 83.0 Å². The Labute approximate surface area is 165 Å². The van der Waals surface area contributed by atoms with E-state index in [1.807, 2.05) is 6.08 Å². The second-order valence-corrected chi connectivity index (χ2v) is 21.2. The summed E-state index contributed by atoms with van der Waals surface area (Å²) in [6, 6.07) is 27.2. The molecule has 134 valence electrons. The Bertz CT molecular complexity index is 947. The zero-order valence-electron chi connectivity index (χ0n) is 15.8. The molecule has 2 bridgehead atoms. The molecule has 0 radical (unpaired) electrons. The zero-order chi connectivity index (χ0) is 18.6. The third kappa shape index (κ3) is 2.10. The van der Waals surface area contributed by atoms with Crippen molar-refractivity contribution < 1.29 is 5.11 Å². The van der Waals surface area contributed by atoms with E-state index in [9.17, 15) is 5.11 Å². The fourth-order valence-corrected chi connectivity index (χ4v) is 16.3. The van der Waals surface area contributed by atoms with Gasteiger partial charge in [-0.2, -0.15) is 0 Å². The standard InChI is InChI=1S/C20H13.C3H5O.2CH3.Sn/c1-2-8-14-13(7-1)19-15-9-3-5-11-17(15)20(14)18-12-6-4-10-16(18)19;1-2-3-4;;;/h1-12,19H;1-2,4H,3H2;2*1H3;. The summed E-state index contributed by atoms with van der Waals surface area (Å²) in [7, 11) is 0. The van der Waals surface area contributed by atoms with Crippen molar-refractivity contribution in [2.45, 2.75) is 19.2 Å². The van der Waals surface area contributed by atoms with E-state index in [2.05, 4.69) is 86.8 Å². The molecule has 0 spiro atoms. The van der Waals surface area contributed by atoms with Gasteiger partial charge >= 0.3 is 166 Å². The second-order valence-electron chi connectivity index (χ2n) is 8.25. The van der Waals surface area contributed by atoms with Gasteiger partial charge < -0.3 is 0 Å². The van der Waals surface area contributed by atoms with Crippen molar-refractivity contribution in [3.63, 3.8) is 0 Å². The van der Waals surface area contributed by atoms with Crippen LogP contribution in [0.4, 0.5) is 0 Å². The van der Waals surface area contributed by atoms with Crippen molar-refractivity contribution in [1.82, 2.24) is 0 Å². The summed E-state index contributed by atoms with van der Waals surface area (Å²) in [6.45, 7) is 0.115. The van der Waals surface area contributed by atoms with Crippen LogP contribution in [0.5, 0.6) is 0 Å². The summed E-state index contributed by atoms with van der Waals surface area (Å²) < 4.78 is 2.35. The fourth-order valence-electron chi connectivity index (χ4n) is 5.72. The summed E-state index contributed by atoms with van der Waals surface area (Å²) in [4.78, 5) is 5.02. The third-order valence-corrected chi connectivity index (χ3v) is 17.5. The molecule has 6 rings (SSSR count). The van der Waals surface area contributed by atoms with Crippen LogP contribution in [0.1, 0.15) is 39.3 Å². The Morgan fingerprint density at radius 2 is 1.19 bits per heavy atom. The van der Waals surface area contributed by atoms with E-state index in [-0.39, 0.29) is 10.0 Å². The summed E-state index contributed by atoms with van der Waals surface area (Å²) in [5.41, 5.74) is 8.90. The van der Waals surface area contributed by atoms with Gasteiger partial charge in [-0.15, -0.1) is 0 Å². The summed E-state index contributed by atoms with van der Waals surface area (Å²) in [6.07, 6.45) is 1.99. The van der Waals surface area contributed by atoms with E-state index in [1.54, 1.807) is 0 Å². The molecule has 3 aromatic carbocycles. The zero-order valence-corrected chi connectivity index (χ0v) is 18.7. The monoisotopic (exact) mass is 460 g/mol. The Kier molecular flexibility index (Phi) is 3.89. The molecule has 0 unspecified atom stereocenters. The van der Waals surface area contributed by atoms with Crippen molar-refractivity contribution in [1.29, 1.82) is 0 Å². The maximum absolute atomic E-state index is 9.53. The normalized spacial score (nSPS) is 22.4. The van der Waals surface area contributed by atoms with Crippen LogP contribution in [0.25, 0.3) is 0 Å². The quantitative estimate of drug-likeness (QED) is 0.537. The number of aliphatic hydroxyl groups is 1. The van der Waals surface area contributed by atoms with Gasteiger partial charge in [0.05, 0.1) is 0 Å². The van der Waals surface area contributed by atoms with Crippen LogP contribution in [0, 0.1) is 0 Å². The van der Waals surface area contributed by atoms with Crippen molar-refractivity contribution in [3.05, 3.63) is 116 Å². The van der Waals surface area contributed by atoms with Gasteiger partial charge in [-0.25, -0.2) is 0 Å². The molecule has 0 heterocycles.